The van der Waals surface area contributed by atoms with E-state index in [9.17, 15) is 9.90 Å². The van der Waals surface area contributed by atoms with E-state index in [1.807, 2.05) is 19.1 Å². The average Bonchev–Trinajstić information content (AvgIpc) is 2.94. The molecular formula is C19H22N4O2S. The first kappa shape index (κ1) is 18.1. The lowest BCUT2D eigenvalue weighted by Gasteiger charge is -2.21. The number of anilines is 3. The second-order valence-corrected chi connectivity index (χ2v) is 7.00. The molecule has 3 aromatic rings. The van der Waals surface area contributed by atoms with E-state index in [0.717, 1.165) is 24.2 Å². The lowest BCUT2D eigenvalue weighted by Crippen LogP contribution is -2.21. The van der Waals surface area contributed by atoms with Crippen LogP contribution >= 0.6 is 11.3 Å². The van der Waals surface area contributed by atoms with Gasteiger partial charge in [0.1, 0.15) is 21.3 Å². The van der Waals surface area contributed by atoms with Crippen molar-refractivity contribution in [3.63, 3.8) is 0 Å². The summed E-state index contributed by atoms with van der Waals surface area (Å²) in [5.41, 5.74) is 2.77. The van der Waals surface area contributed by atoms with Crippen LogP contribution in [0.2, 0.25) is 0 Å². The number of rotatable bonds is 6. The van der Waals surface area contributed by atoms with Crippen LogP contribution in [0.1, 0.15) is 34.9 Å². The van der Waals surface area contributed by atoms with Crippen LogP contribution in [0.15, 0.2) is 24.3 Å². The average molecular weight is 370 g/mol. The summed E-state index contributed by atoms with van der Waals surface area (Å²) in [4.78, 5) is 23.6. The third-order valence-electron chi connectivity index (χ3n) is 4.35. The Hall–Kier alpha value is -2.67. The van der Waals surface area contributed by atoms with Crippen LogP contribution in [0.3, 0.4) is 0 Å². The Balaban J connectivity index is 1.99. The Labute approximate surface area is 156 Å². The molecule has 0 aliphatic rings. The summed E-state index contributed by atoms with van der Waals surface area (Å²) >= 11 is 1.19. The van der Waals surface area contributed by atoms with Gasteiger partial charge in [0.15, 0.2) is 0 Å². The fourth-order valence-electron chi connectivity index (χ4n) is 3.02. The molecule has 0 spiro atoms. The molecule has 0 saturated heterocycles. The van der Waals surface area contributed by atoms with Crippen LogP contribution in [-0.4, -0.2) is 34.1 Å². The van der Waals surface area contributed by atoms with Gasteiger partial charge in [-0.25, -0.2) is 14.8 Å². The molecule has 3 rings (SSSR count). The van der Waals surface area contributed by atoms with Gasteiger partial charge in [0, 0.05) is 24.5 Å². The number of carboxylic acid groups (broad SMARTS) is 1. The molecular weight excluding hydrogens is 348 g/mol. The normalized spacial score (nSPS) is 10.9. The van der Waals surface area contributed by atoms with Crippen molar-refractivity contribution in [2.75, 3.05) is 23.3 Å². The lowest BCUT2D eigenvalue weighted by molar-refractivity contribution is 0.0701. The molecule has 0 amide bonds. The molecule has 0 aliphatic heterocycles. The Morgan fingerprint density at radius 1 is 1.15 bits per heavy atom. The topological polar surface area (TPSA) is 78.3 Å². The van der Waals surface area contributed by atoms with Crippen molar-refractivity contribution in [1.82, 2.24) is 9.97 Å². The van der Waals surface area contributed by atoms with Crippen LogP contribution < -0.4 is 10.2 Å². The number of nitrogens with one attached hydrogen (secondary N) is 1. The Morgan fingerprint density at radius 2 is 1.81 bits per heavy atom. The molecule has 2 N–H and O–H groups in total. The van der Waals surface area contributed by atoms with E-state index in [1.54, 1.807) is 6.92 Å². The lowest BCUT2D eigenvalue weighted by atomic mass is 10.2. The molecule has 0 bridgehead atoms. The molecule has 0 atom stereocenters. The van der Waals surface area contributed by atoms with Crippen molar-refractivity contribution in [2.45, 2.75) is 27.7 Å². The smallest absolute Gasteiger partial charge is 0.346 e. The van der Waals surface area contributed by atoms with Gasteiger partial charge in [0.2, 0.25) is 0 Å². The highest BCUT2D eigenvalue weighted by Crippen LogP contribution is 2.35. The molecule has 0 fully saturated rings. The zero-order valence-corrected chi connectivity index (χ0v) is 16.1. The predicted molar refractivity (Wildman–Crippen MR) is 107 cm³/mol. The number of carbonyl (C=O) groups is 1. The van der Waals surface area contributed by atoms with Gasteiger partial charge in [0.25, 0.3) is 0 Å². The molecule has 0 radical (unpaired) electrons. The van der Waals surface area contributed by atoms with E-state index in [4.69, 9.17) is 0 Å². The van der Waals surface area contributed by atoms with Gasteiger partial charge in [-0.3, -0.25) is 0 Å². The first-order valence-electron chi connectivity index (χ1n) is 8.57. The number of benzene rings is 1. The Morgan fingerprint density at radius 3 is 2.38 bits per heavy atom. The minimum absolute atomic E-state index is 0.305. The van der Waals surface area contributed by atoms with Crippen molar-refractivity contribution in [3.8, 4) is 0 Å². The largest absolute Gasteiger partial charge is 0.477 e. The highest BCUT2D eigenvalue weighted by Gasteiger charge is 2.19. The van der Waals surface area contributed by atoms with Gasteiger partial charge in [-0.2, -0.15) is 0 Å². The molecule has 6 nitrogen and oxygen atoms in total. The van der Waals surface area contributed by atoms with Gasteiger partial charge in [-0.15, -0.1) is 11.3 Å². The number of hydrogen-bond donors (Lipinski definition) is 2. The van der Waals surface area contributed by atoms with Crippen LogP contribution in [0.4, 0.5) is 17.2 Å². The minimum atomic E-state index is -0.933. The van der Waals surface area contributed by atoms with Gasteiger partial charge in [-0.05, 0) is 57.5 Å². The van der Waals surface area contributed by atoms with E-state index in [0.29, 0.717) is 26.9 Å². The number of aromatic carboxylic acids is 1. The van der Waals surface area contributed by atoms with E-state index >= 15 is 0 Å². The summed E-state index contributed by atoms with van der Waals surface area (Å²) in [6.07, 6.45) is 0. The number of thiophene rings is 1. The fourth-order valence-corrected chi connectivity index (χ4v) is 4.09. The summed E-state index contributed by atoms with van der Waals surface area (Å²) in [7, 11) is 0. The number of nitrogens with zero attached hydrogens (tertiary/aromatic N) is 3. The first-order valence-corrected chi connectivity index (χ1v) is 9.39. The summed E-state index contributed by atoms with van der Waals surface area (Å²) in [6.45, 7) is 9.80. The number of aryl methyl sites for hydroxylation is 2. The van der Waals surface area contributed by atoms with Gasteiger partial charge in [0.05, 0.1) is 5.39 Å². The second-order valence-electron chi connectivity index (χ2n) is 6.01. The van der Waals surface area contributed by atoms with E-state index in [-0.39, 0.29) is 0 Å². The number of hydrogen-bond acceptors (Lipinski definition) is 6. The Bertz CT molecular complexity index is 946. The predicted octanol–water partition coefficient (Wildman–Crippen LogP) is 4.60. The van der Waals surface area contributed by atoms with Gasteiger partial charge in [-0.1, -0.05) is 0 Å². The van der Waals surface area contributed by atoms with Crippen molar-refractivity contribution in [3.05, 3.63) is 40.5 Å². The second kappa shape index (κ2) is 7.29. The maximum Gasteiger partial charge on any atom is 0.346 e. The Kier molecular flexibility index (Phi) is 5.08. The molecule has 0 saturated carbocycles. The van der Waals surface area contributed by atoms with Crippen molar-refractivity contribution >= 4 is 44.7 Å². The third-order valence-corrected chi connectivity index (χ3v) is 5.53. The van der Waals surface area contributed by atoms with Crippen LogP contribution in [0, 0.1) is 13.8 Å². The quantitative estimate of drug-likeness (QED) is 0.660. The van der Waals surface area contributed by atoms with Crippen molar-refractivity contribution < 1.29 is 9.90 Å². The molecule has 1 aromatic carbocycles. The highest BCUT2D eigenvalue weighted by atomic mass is 32.1. The zero-order chi connectivity index (χ0) is 18.8. The molecule has 0 aliphatic carbocycles. The third kappa shape index (κ3) is 3.35. The highest BCUT2D eigenvalue weighted by molar-refractivity contribution is 7.20. The van der Waals surface area contributed by atoms with Crippen LogP contribution in [0.5, 0.6) is 0 Å². The van der Waals surface area contributed by atoms with E-state index in [1.165, 1.54) is 17.0 Å². The monoisotopic (exact) mass is 370 g/mol. The molecule has 2 aromatic heterocycles. The minimum Gasteiger partial charge on any atom is -0.477 e. The summed E-state index contributed by atoms with van der Waals surface area (Å²) in [5, 5.41) is 13.5. The number of carboxylic acids is 1. The standard InChI is InChI=1S/C19H22N4O2S/c1-5-23(6-2)14-9-7-13(8-10-14)22-17-15-11(3)16(19(24)25)26-18(15)21-12(4)20-17/h7-10H,5-6H2,1-4H3,(H,24,25)(H,20,21,22). The van der Waals surface area contributed by atoms with E-state index < -0.39 is 5.97 Å². The number of aromatic nitrogens is 2. The number of fused-ring (bicyclic) bond motifs is 1. The summed E-state index contributed by atoms with van der Waals surface area (Å²) in [5.74, 6) is 0.319. The van der Waals surface area contributed by atoms with Crippen LogP contribution in [-0.2, 0) is 0 Å². The zero-order valence-electron chi connectivity index (χ0n) is 15.3. The maximum atomic E-state index is 11.4. The summed E-state index contributed by atoms with van der Waals surface area (Å²) < 4.78 is 0. The first-order chi connectivity index (χ1) is 12.4. The van der Waals surface area contributed by atoms with Gasteiger partial charge < -0.3 is 15.3 Å². The van der Waals surface area contributed by atoms with Crippen molar-refractivity contribution in [1.29, 1.82) is 0 Å². The SMILES string of the molecule is CCN(CC)c1ccc(Nc2nc(C)nc3sc(C(=O)O)c(C)c23)cc1. The molecule has 26 heavy (non-hydrogen) atoms. The fraction of sp³-hybridized carbons (Fsp3) is 0.316. The van der Waals surface area contributed by atoms with Crippen molar-refractivity contribution in [2.24, 2.45) is 0 Å². The maximum absolute atomic E-state index is 11.4. The van der Waals surface area contributed by atoms with Crippen LogP contribution in [0.25, 0.3) is 10.2 Å². The molecule has 2 heterocycles. The molecule has 0 unspecified atom stereocenters. The molecule has 136 valence electrons. The summed E-state index contributed by atoms with van der Waals surface area (Å²) in [6, 6.07) is 8.17. The van der Waals surface area contributed by atoms with E-state index in [2.05, 4.69) is 46.2 Å². The van der Waals surface area contributed by atoms with Gasteiger partial charge >= 0.3 is 5.97 Å². The molecule has 7 heteroatoms.